The zero-order chi connectivity index (χ0) is 14.8. The molecule has 1 atom stereocenters. The summed E-state index contributed by atoms with van der Waals surface area (Å²) >= 11 is 1.08. The quantitative estimate of drug-likeness (QED) is 0.869. The van der Waals surface area contributed by atoms with Gasteiger partial charge in [-0.3, -0.25) is 4.79 Å². The van der Waals surface area contributed by atoms with Gasteiger partial charge in [0.05, 0.1) is 0 Å². The van der Waals surface area contributed by atoms with E-state index < -0.39 is 32.9 Å². The zero-order valence-electron chi connectivity index (χ0n) is 9.86. The third-order valence-electron chi connectivity index (χ3n) is 2.33. The number of nitrogens with one attached hydrogen (secondary N) is 1. The van der Waals surface area contributed by atoms with Gasteiger partial charge in [0.15, 0.2) is 11.9 Å². The van der Waals surface area contributed by atoms with Gasteiger partial charge in [0.2, 0.25) is 5.03 Å². The molecule has 0 fully saturated rings. The second kappa shape index (κ2) is 5.65. The average molecular weight is 316 g/mol. The number of aromatic nitrogens is 1. The minimum absolute atomic E-state index is 0.289. The van der Waals surface area contributed by atoms with Crippen LogP contribution in [0.2, 0.25) is 0 Å². The van der Waals surface area contributed by atoms with E-state index in [-0.39, 0.29) is 4.88 Å². The maximum atomic E-state index is 13.5. The second-order valence-corrected chi connectivity index (χ2v) is 6.31. The van der Waals surface area contributed by atoms with Crippen molar-refractivity contribution in [3.63, 3.8) is 0 Å². The molecule has 0 amide bonds. The number of sulfonamides is 1. The lowest BCUT2D eigenvalue weighted by Crippen LogP contribution is -2.34. The lowest BCUT2D eigenvalue weighted by Gasteiger charge is -2.13. The van der Waals surface area contributed by atoms with Crippen molar-refractivity contribution in [3.05, 3.63) is 46.5 Å². The Morgan fingerprint density at radius 3 is 2.70 bits per heavy atom. The van der Waals surface area contributed by atoms with Crippen molar-refractivity contribution in [1.29, 1.82) is 0 Å². The van der Waals surface area contributed by atoms with Crippen LogP contribution in [0.3, 0.4) is 0 Å². The molecule has 2 aromatic heterocycles. The van der Waals surface area contributed by atoms with Crippen molar-refractivity contribution >= 4 is 27.3 Å². The maximum Gasteiger partial charge on any atom is 0.327 e. The number of hydrogen-bond donors (Lipinski definition) is 2. The first kappa shape index (κ1) is 14.6. The van der Waals surface area contributed by atoms with E-state index in [9.17, 15) is 17.6 Å². The Morgan fingerprint density at radius 1 is 1.40 bits per heavy atom. The number of hydrogen-bond acceptors (Lipinski definition) is 5. The fraction of sp³-hybridized carbons (Fsp3) is 0.0909. The summed E-state index contributed by atoms with van der Waals surface area (Å²) in [6.07, 6.45) is 1.11. The lowest BCUT2D eigenvalue weighted by molar-refractivity contribution is -0.139. The van der Waals surface area contributed by atoms with Gasteiger partial charge in [-0.25, -0.2) is 17.8 Å². The topological polar surface area (TPSA) is 96.4 Å². The SMILES string of the molecule is O=C(O)C(NS(=O)(=O)c1ncccc1F)c1cccs1. The molecule has 106 valence electrons. The van der Waals surface area contributed by atoms with E-state index in [1.54, 1.807) is 11.4 Å². The molecule has 0 saturated carbocycles. The summed E-state index contributed by atoms with van der Waals surface area (Å²) in [7, 11) is -4.37. The van der Waals surface area contributed by atoms with Gasteiger partial charge < -0.3 is 5.11 Å². The highest BCUT2D eigenvalue weighted by molar-refractivity contribution is 7.89. The Kier molecular flexibility index (Phi) is 4.12. The van der Waals surface area contributed by atoms with Gasteiger partial charge in [-0.05, 0) is 23.6 Å². The van der Waals surface area contributed by atoms with Crippen LogP contribution in [0, 0.1) is 5.82 Å². The first-order chi connectivity index (χ1) is 9.42. The van der Waals surface area contributed by atoms with Crippen LogP contribution in [-0.2, 0) is 14.8 Å². The minimum atomic E-state index is -4.37. The largest absolute Gasteiger partial charge is 0.480 e. The number of carboxylic acid groups (broad SMARTS) is 1. The Labute approximate surface area is 118 Å². The number of carboxylic acids is 1. The van der Waals surface area contributed by atoms with Gasteiger partial charge in [-0.15, -0.1) is 11.3 Å². The van der Waals surface area contributed by atoms with Crippen molar-refractivity contribution in [1.82, 2.24) is 9.71 Å². The van der Waals surface area contributed by atoms with Crippen molar-refractivity contribution in [3.8, 4) is 0 Å². The van der Waals surface area contributed by atoms with Gasteiger partial charge in [0, 0.05) is 11.1 Å². The van der Waals surface area contributed by atoms with Crippen molar-refractivity contribution in [2.45, 2.75) is 11.1 Å². The standard InChI is InChI=1S/C11H9FN2O4S2/c12-7-3-1-5-13-10(7)20(17,18)14-9(11(15)16)8-4-2-6-19-8/h1-6,9,14H,(H,15,16). The number of aliphatic carboxylic acids is 1. The molecule has 2 heterocycles. The van der Waals surface area contributed by atoms with E-state index in [4.69, 9.17) is 5.11 Å². The van der Waals surface area contributed by atoms with Crippen LogP contribution in [0.4, 0.5) is 4.39 Å². The molecule has 6 nitrogen and oxygen atoms in total. The smallest absolute Gasteiger partial charge is 0.327 e. The van der Waals surface area contributed by atoms with Crippen LogP contribution in [0.15, 0.2) is 40.9 Å². The number of thiophene rings is 1. The Bertz CT molecular complexity index is 716. The lowest BCUT2D eigenvalue weighted by atomic mass is 10.3. The molecule has 2 aromatic rings. The third-order valence-corrected chi connectivity index (χ3v) is 4.62. The molecule has 20 heavy (non-hydrogen) atoms. The fourth-order valence-corrected chi connectivity index (χ4v) is 3.48. The van der Waals surface area contributed by atoms with Crippen molar-refractivity contribution in [2.24, 2.45) is 0 Å². The molecular formula is C11H9FN2O4S2. The monoisotopic (exact) mass is 316 g/mol. The van der Waals surface area contributed by atoms with Crippen LogP contribution in [-0.4, -0.2) is 24.5 Å². The molecule has 1 unspecified atom stereocenters. The van der Waals surface area contributed by atoms with Crippen LogP contribution in [0.25, 0.3) is 0 Å². The molecule has 0 saturated heterocycles. The predicted octanol–water partition coefficient (Wildman–Crippen LogP) is 1.39. The molecule has 2 rings (SSSR count). The molecule has 0 spiro atoms. The normalized spacial score (nSPS) is 13.1. The van der Waals surface area contributed by atoms with Crippen molar-refractivity contribution < 1.29 is 22.7 Å². The Balaban J connectivity index is 2.36. The maximum absolute atomic E-state index is 13.5. The number of carbonyl (C=O) groups is 1. The number of rotatable bonds is 5. The molecule has 0 radical (unpaired) electrons. The molecular weight excluding hydrogens is 307 g/mol. The predicted molar refractivity (Wildman–Crippen MR) is 69.2 cm³/mol. The number of pyridine rings is 1. The fourth-order valence-electron chi connectivity index (χ4n) is 1.47. The van der Waals surface area contributed by atoms with E-state index in [0.29, 0.717) is 0 Å². The van der Waals surface area contributed by atoms with Crippen LogP contribution in [0.5, 0.6) is 0 Å². The summed E-state index contributed by atoms with van der Waals surface area (Å²) in [4.78, 5) is 14.9. The molecule has 0 aliphatic heterocycles. The van der Waals surface area contributed by atoms with Gasteiger partial charge in [0.1, 0.15) is 0 Å². The average Bonchev–Trinajstić information content (AvgIpc) is 2.89. The number of nitrogens with zero attached hydrogens (tertiary/aromatic N) is 1. The van der Waals surface area contributed by atoms with E-state index >= 15 is 0 Å². The molecule has 0 aliphatic carbocycles. The Hall–Kier alpha value is -1.84. The van der Waals surface area contributed by atoms with Gasteiger partial charge in [-0.2, -0.15) is 4.72 Å². The van der Waals surface area contributed by atoms with E-state index in [2.05, 4.69) is 4.98 Å². The zero-order valence-corrected chi connectivity index (χ0v) is 11.5. The summed E-state index contributed by atoms with van der Waals surface area (Å²) in [5, 5.41) is 9.87. The highest BCUT2D eigenvalue weighted by Gasteiger charge is 2.30. The summed E-state index contributed by atoms with van der Waals surface area (Å²) in [6.45, 7) is 0. The molecule has 0 aromatic carbocycles. The Morgan fingerprint density at radius 2 is 2.15 bits per heavy atom. The van der Waals surface area contributed by atoms with Crippen LogP contribution < -0.4 is 4.72 Å². The summed E-state index contributed by atoms with van der Waals surface area (Å²) in [5.41, 5.74) is 0. The third kappa shape index (κ3) is 3.00. The van der Waals surface area contributed by atoms with Crippen LogP contribution >= 0.6 is 11.3 Å². The summed E-state index contributed by atoms with van der Waals surface area (Å²) < 4.78 is 39.4. The van der Waals surface area contributed by atoms with Gasteiger partial charge >= 0.3 is 5.97 Å². The number of halogens is 1. The van der Waals surface area contributed by atoms with Crippen molar-refractivity contribution in [2.75, 3.05) is 0 Å². The van der Waals surface area contributed by atoms with Gasteiger partial charge in [0.25, 0.3) is 10.0 Å². The van der Waals surface area contributed by atoms with Crippen LogP contribution in [0.1, 0.15) is 10.9 Å². The molecule has 2 N–H and O–H groups in total. The van der Waals surface area contributed by atoms with E-state index in [1.165, 1.54) is 12.1 Å². The highest BCUT2D eigenvalue weighted by atomic mass is 32.2. The molecule has 0 bridgehead atoms. The van der Waals surface area contributed by atoms with E-state index in [1.807, 2.05) is 4.72 Å². The van der Waals surface area contributed by atoms with Gasteiger partial charge in [-0.1, -0.05) is 6.07 Å². The molecule has 9 heteroatoms. The summed E-state index contributed by atoms with van der Waals surface area (Å²) in [5.74, 6) is -2.43. The second-order valence-electron chi connectivity index (χ2n) is 3.70. The van der Waals surface area contributed by atoms with E-state index in [0.717, 1.165) is 23.6 Å². The summed E-state index contributed by atoms with van der Waals surface area (Å²) in [6, 6.07) is 3.75. The highest BCUT2D eigenvalue weighted by Crippen LogP contribution is 2.22. The first-order valence-electron chi connectivity index (χ1n) is 5.31. The first-order valence-corrected chi connectivity index (χ1v) is 7.67. The minimum Gasteiger partial charge on any atom is -0.480 e. The molecule has 0 aliphatic rings.